The van der Waals surface area contributed by atoms with E-state index < -0.39 is 5.97 Å². The van der Waals surface area contributed by atoms with E-state index in [0.717, 1.165) is 0 Å². The Labute approximate surface area is 99.2 Å². The van der Waals surface area contributed by atoms with E-state index >= 15 is 0 Å². The van der Waals surface area contributed by atoms with Crippen molar-refractivity contribution in [1.29, 1.82) is 0 Å². The van der Waals surface area contributed by atoms with Crippen LogP contribution >= 0.6 is 0 Å². The van der Waals surface area contributed by atoms with E-state index in [0.29, 0.717) is 13.1 Å². The number of nitrogens with zero attached hydrogens (tertiary/aromatic N) is 1. The quantitative estimate of drug-likeness (QED) is 0.698. The molecule has 0 aliphatic carbocycles. The Morgan fingerprint density at radius 2 is 1.50 bits per heavy atom. The minimum absolute atomic E-state index is 0.111. The molecule has 0 aromatic carbocycles. The number of hydrogen-bond acceptors (Lipinski definition) is 2. The zero-order valence-electron chi connectivity index (χ0n) is 11.1. The second-order valence-corrected chi connectivity index (χ2v) is 4.30. The van der Waals surface area contributed by atoms with Gasteiger partial charge in [-0.15, -0.1) is 0 Å². The molecule has 1 fully saturated rings. The van der Waals surface area contributed by atoms with Crippen molar-refractivity contribution in [1.82, 2.24) is 5.32 Å². The van der Waals surface area contributed by atoms with Crippen LogP contribution in [-0.2, 0) is 4.79 Å². The Bertz CT molecular complexity index is 182. The molecule has 0 unspecified atom stereocenters. The van der Waals surface area contributed by atoms with Gasteiger partial charge in [-0.2, -0.15) is 0 Å². The lowest BCUT2D eigenvalue weighted by atomic mass is 10.1. The summed E-state index contributed by atoms with van der Waals surface area (Å²) in [6, 6.07) is 0. The molecule has 1 aliphatic heterocycles. The Morgan fingerprint density at radius 1 is 1.12 bits per heavy atom. The topological polar surface area (TPSA) is 49.3 Å². The molecule has 0 radical (unpaired) electrons. The summed E-state index contributed by atoms with van der Waals surface area (Å²) in [5, 5.41) is 11.1. The normalized spacial score (nSPS) is 16.0. The van der Waals surface area contributed by atoms with E-state index in [-0.39, 0.29) is 5.92 Å². The number of hydrogen-bond donors (Lipinski definition) is 2. The molecule has 1 heterocycles. The molecule has 2 N–H and O–H groups in total. The Hall–Kier alpha value is -0.610. The first-order valence-corrected chi connectivity index (χ1v) is 6.33. The molecule has 1 aliphatic rings. The van der Waals surface area contributed by atoms with E-state index in [1.165, 1.54) is 30.7 Å². The molecule has 4 heteroatoms. The lowest BCUT2D eigenvalue weighted by molar-refractivity contribution is -0.921. The van der Waals surface area contributed by atoms with E-state index in [9.17, 15) is 4.79 Å². The first-order valence-electron chi connectivity index (χ1n) is 6.33. The van der Waals surface area contributed by atoms with Crippen molar-refractivity contribution in [3.8, 4) is 0 Å². The van der Waals surface area contributed by atoms with Crippen molar-refractivity contribution in [2.24, 2.45) is 5.92 Å². The fraction of sp³-hybridized carbons (Fsp3) is 0.917. The third-order valence-electron chi connectivity index (χ3n) is 3.81. The Kier molecular flexibility index (Phi) is 7.34. The molecule has 0 aromatic rings. The van der Waals surface area contributed by atoms with Gasteiger partial charge in [-0.3, -0.25) is 4.79 Å². The number of carbonyl (C=O) groups is 1. The predicted molar refractivity (Wildman–Crippen MR) is 66.4 cm³/mol. The minimum Gasteiger partial charge on any atom is -0.481 e. The molecule has 0 bridgehead atoms. The molecule has 96 valence electrons. The van der Waals surface area contributed by atoms with Gasteiger partial charge in [-0.25, -0.2) is 0 Å². The van der Waals surface area contributed by atoms with Crippen LogP contribution in [0.5, 0.6) is 0 Å². The second kappa shape index (κ2) is 7.63. The summed E-state index contributed by atoms with van der Waals surface area (Å²) in [4.78, 5) is 9.94. The molecule has 1 rings (SSSR count). The van der Waals surface area contributed by atoms with Crippen LogP contribution < -0.4 is 5.32 Å². The fourth-order valence-corrected chi connectivity index (χ4v) is 1.80. The number of quaternary nitrogens is 1. The number of carboxylic acid groups (broad SMARTS) is 1. The summed E-state index contributed by atoms with van der Waals surface area (Å²) >= 11 is 0. The Morgan fingerprint density at radius 3 is 1.50 bits per heavy atom. The highest BCUT2D eigenvalue weighted by molar-refractivity contribution is 5.71. The zero-order chi connectivity index (χ0) is 12.6. The van der Waals surface area contributed by atoms with Gasteiger partial charge in [0.1, 0.15) is 0 Å². The van der Waals surface area contributed by atoms with Crippen LogP contribution in [-0.4, -0.2) is 54.8 Å². The van der Waals surface area contributed by atoms with Gasteiger partial charge in [0.15, 0.2) is 0 Å². The van der Waals surface area contributed by atoms with Gasteiger partial charge >= 0.3 is 5.97 Å². The van der Waals surface area contributed by atoms with E-state index in [4.69, 9.17) is 5.11 Å². The fourth-order valence-electron chi connectivity index (χ4n) is 1.80. The summed E-state index contributed by atoms with van der Waals surface area (Å²) in [7, 11) is 0. The maximum absolute atomic E-state index is 9.94. The molecule has 0 amide bonds. The maximum Gasteiger partial charge on any atom is 0.309 e. The zero-order valence-corrected chi connectivity index (χ0v) is 11.1. The van der Waals surface area contributed by atoms with Gasteiger partial charge in [0.25, 0.3) is 0 Å². The van der Waals surface area contributed by atoms with Crippen LogP contribution in [0.25, 0.3) is 0 Å². The van der Waals surface area contributed by atoms with Crippen molar-refractivity contribution in [3.05, 3.63) is 0 Å². The summed E-state index contributed by atoms with van der Waals surface area (Å²) in [5.41, 5.74) is 0. The van der Waals surface area contributed by atoms with Gasteiger partial charge in [0.2, 0.25) is 0 Å². The summed E-state index contributed by atoms with van der Waals surface area (Å²) in [5.74, 6) is -0.793. The van der Waals surface area contributed by atoms with Crippen LogP contribution in [0.1, 0.15) is 27.7 Å². The summed E-state index contributed by atoms with van der Waals surface area (Å²) in [6.07, 6.45) is 0. The minimum atomic E-state index is -0.682. The van der Waals surface area contributed by atoms with Crippen LogP contribution in [0, 0.1) is 5.92 Å². The molecule has 0 aromatic heterocycles. The van der Waals surface area contributed by atoms with E-state index in [2.05, 4.69) is 33.0 Å². The van der Waals surface area contributed by atoms with Crippen LogP contribution in [0.15, 0.2) is 0 Å². The number of rotatable bonds is 5. The molecule has 4 nitrogen and oxygen atoms in total. The van der Waals surface area contributed by atoms with Crippen LogP contribution in [0.4, 0.5) is 0 Å². The monoisotopic (exact) mass is 231 g/mol. The van der Waals surface area contributed by atoms with Crippen molar-refractivity contribution in [2.75, 3.05) is 39.3 Å². The number of aliphatic carboxylic acids is 1. The van der Waals surface area contributed by atoms with E-state index in [1.807, 2.05) is 0 Å². The summed E-state index contributed by atoms with van der Waals surface area (Å²) < 4.78 is 1.28. The highest BCUT2D eigenvalue weighted by Crippen LogP contribution is 2.03. The van der Waals surface area contributed by atoms with Crippen molar-refractivity contribution < 1.29 is 14.4 Å². The molecule has 16 heavy (non-hydrogen) atoms. The van der Waals surface area contributed by atoms with Crippen molar-refractivity contribution in [2.45, 2.75) is 27.7 Å². The molecule has 0 spiro atoms. The SMILES string of the molecule is CC[N+](CC)(CC)CC.O=C(O)C1CNC1. The van der Waals surface area contributed by atoms with Gasteiger partial charge in [0.05, 0.1) is 32.1 Å². The third-order valence-corrected chi connectivity index (χ3v) is 3.81. The van der Waals surface area contributed by atoms with E-state index in [1.54, 1.807) is 0 Å². The smallest absolute Gasteiger partial charge is 0.309 e. The van der Waals surface area contributed by atoms with Crippen molar-refractivity contribution >= 4 is 5.97 Å². The van der Waals surface area contributed by atoms with Crippen molar-refractivity contribution in [3.63, 3.8) is 0 Å². The van der Waals surface area contributed by atoms with Gasteiger partial charge in [0, 0.05) is 13.1 Å². The first kappa shape index (κ1) is 15.4. The molecule has 0 atom stereocenters. The largest absolute Gasteiger partial charge is 0.481 e. The Balaban J connectivity index is 0.000000288. The third kappa shape index (κ3) is 4.49. The predicted octanol–water partition coefficient (Wildman–Crippen LogP) is 1.17. The second-order valence-electron chi connectivity index (χ2n) is 4.30. The molecular weight excluding hydrogens is 204 g/mol. The first-order chi connectivity index (χ1) is 7.55. The average Bonchev–Trinajstić information content (AvgIpc) is 2.20. The lowest BCUT2D eigenvalue weighted by Gasteiger charge is -2.34. The molecule has 0 saturated carbocycles. The molecular formula is C12H27N2O2+. The standard InChI is InChI=1S/C8H20N.C4H7NO2/c1-5-9(6-2,7-3)8-4;6-4(7)3-1-5-2-3/h5-8H2,1-4H3;3,5H,1-2H2,(H,6,7)/q+1;. The molecule has 1 saturated heterocycles. The number of carboxylic acids is 1. The lowest BCUT2D eigenvalue weighted by Crippen LogP contribution is -2.47. The highest BCUT2D eigenvalue weighted by atomic mass is 16.4. The van der Waals surface area contributed by atoms with Crippen LogP contribution in [0.3, 0.4) is 0 Å². The van der Waals surface area contributed by atoms with Gasteiger partial charge in [-0.05, 0) is 27.7 Å². The summed E-state index contributed by atoms with van der Waals surface area (Å²) in [6.45, 7) is 15.5. The van der Waals surface area contributed by atoms with Gasteiger partial charge < -0.3 is 14.9 Å². The van der Waals surface area contributed by atoms with Crippen LogP contribution in [0.2, 0.25) is 0 Å². The van der Waals surface area contributed by atoms with Gasteiger partial charge in [-0.1, -0.05) is 0 Å². The maximum atomic E-state index is 9.94. The highest BCUT2D eigenvalue weighted by Gasteiger charge is 2.23. The average molecular weight is 231 g/mol. The number of nitrogens with one attached hydrogen (secondary N) is 1.